The van der Waals surface area contributed by atoms with Crippen molar-refractivity contribution >= 4 is 0 Å². The third-order valence-corrected chi connectivity index (χ3v) is 3.38. The van der Waals surface area contributed by atoms with E-state index in [0.29, 0.717) is 12.0 Å². The van der Waals surface area contributed by atoms with Crippen LogP contribution in [0.4, 0.5) is 0 Å². The molecule has 0 saturated heterocycles. The standard InChI is InChI=1S/C12H27NO/c1-7-11(8-2)13(6)9-12(5,14)10(3)4/h10-11,14H,7-9H2,1-6H3. The van der Waals surface area contributed by atoms with Crippen LogP contribution in [0.2, 0.25) is 0 Å². The van der Waals surface area contributed by atoms with Gasteiger partial charge in [0.25, 0.3) is 0 Å². The molecule has 0 heterocycles. The molecule has 86 valence electrons. The van der Waals surface area contributed by atoms with Gasteiger partial charge in [0.05, 0.1) is 5.60 Å². The maximum Gasteiger partial charge on any atom is 0.0768 e. The summed E-state index contributed by atoms with van der Waals surface area (Å²) in [6.07, 6.45) is 2.31. The molecule has 0 radical (unpaired) electrons. The predicted molar refractivity (Wildman–Crippen MR) is 62.5 cm³/mol. The fraction of sp³-hybridized carbons (Fsp3) is 1.00. The van der Waals surface area contributed by atoms with Crippen molar-refractivity contribution in [1.29, 1.82) is 0 Å². The van der Waals surface area contributed by atoms with E-state index in [-0.39, 0.29) is 0 Å². The van der Waals surface area contributed by atoms with Crippen molar-refractivity contribution in [2.24, 2.45) is 5.92 Å². The SMILES string of the molecule is CCC(CC)N(C)CC(C)(O)C(C)C. The van der Waals surface area contributed by atoms with E-state index in [9.17, 15) is 5.11 Å². The summed E-state index contributed by atoms with van der Waals surface area (Å²) in [5.41, 5.74) is -0.572. The summed E-state index contributed by atoms with van der Waals surface area (Å²) in [4.78, 5) is 2.28. The molecule has 0 aromatic carbocycles. The van der Waals surface area contributed by atoms with E-state index in [1.54, 1.807) is 0 Å². The lowest BCUT2D eigenvalue weighted by Gasteiger charge is -2.36. The molecular weight excluding hydrogens is 174 g/mol. The molecule has 0 aromatic rings. The highest BCUT2D eigenvalue weighted by atomic mass is 16.3. The van der Waals surface area contributed by atoms with E-state index >= 15 is 0 Å². The topological polar surface area (TPSA) is 23.5 Å². The zero-order chi connectivity index (χ0) is 11.4. The van der Waals surface area contributed by atoms with Gasteiger partial charge in [0.15, 0.2) is 0 Å². The molecular formula is C12H27NO. The number of hydrogen-bond donors (Lipinski definition) is 1. The van der Waals surface area contributed by atoms with Gasteiger partial charge >= 0.3 is 0 Å². The van der Waals surface area contributed by atoms with Gasteiger partial charge in [0.1, 0.15) is 0 Å². The zero-order valence-electron chi connectivity index (χ0n) is 10.7. The molecule has 0 aliphatic carbocycles. The van der Waals surface area contributed by atoms with Crippen LogP contribution >= 0.6 is 0 Å². The zero-order valence-corrected chi connectivity index (χ0v) is 10.7. The Morgan fingerprint density at radius 3 is 1.93 bits per heavy atom. The third kappa shape index (κ3) is 3.97. The molecule has 0 bridgehead atoms. The van der Waals surface area contributed by atoms with Crippen LogP contribution in [0, 0.1) is 5.92 Å². The molecule has 0 aromatic heterocycles. The molecule has 1 atom stereocenters. The highest BCUT2D eigenvalue weighted by Crippen LogP contribution is 2.19. The van der Waals surface area contributed by atoms with Gasteiger partial charge in [0.2, 0.25) is 0 Å². The van der Waals surface area contributed by atoms with Gasteiger partial charge in [0, 0.05) is 12.6 Å². The maximum atomic E-state index is 10.2. The maximum absolute atomic E-state index is 10.2. The summed E-state index contributed by atoms with van der Waals surface area (Å²) >= 11 is 0. The Balaban J connectivity index is 4.22. The Hall–Kier alpha value is -0.0800. The Morgan fingerprint density at radius 1 is 1.21 bits per heavy atom. The highest BCUT2D eigenvalue weighted by Gasteiger charge is 2.28. The van der Waals surface area contributed by atoms with E-state index in [1.165, 1.54) is 0 Å². The first-order valence-electron chi connectivity index (χ1n) is 5.77. The Morgan fingerprint density at radius 2 is 1.64 bits per heavy atom. The molecule has 2 nitrogen and oxygen atoms in total. The summed E-state index contributed by atoms with van der Waals surface area (Å²) in [6.45, 7) is 11.2. The van der Waals surface area contributed by atoms with Gasteiger partial charge in [-0.1, -0.05) is 27.7 Å². The van der Waals surface area contributed by atoms with Gasteiger partial charge in [-0.2, -0.15) is 0 Å². The molecule has 1 N–H and O–H groups in total. The lowest BCUT2D eigenvalue weighted by molar-refractivity contribution is -0.0227. The van der Waals surface area contributed by atoms with Crippen molar-refractivity contribution < 1.29 is 5.11 Å². The van der Waals surface area contributed by atoms with Crippen LogP contribution in [0.25, 0.3) is 0 Å². The molecule has 0 amide bonds. The van der Waals surface area contributed by atoms with Gasteiger partial charge in [-0.05, 0) is 32.7 Å². The van der Waals surface area contributed by atoms with Crippen LogP contribution in [0.3, 0.4) is 0 Å². The average Bonchev–Trinajstić information content (AvgIpc) is 2.05. The summed E-state index contributed by atoms with van der Waals surface area (Å²) in [6, 6.07) is 0.597. The lowest BCUT2D eigenvalue weighted by Crippen LogP contribution is -2.46. The molecule has 0 spiro atoms. The van der Waals surface area contributed by atoms with Gasteiger partial charge < -0.3 is 10.0 Å². The summed E-state index contributed by atoms with van der Waals surface area (Å²) in [7, 11) is 2.11. The van der Waals surface area contributed by atoms with Crippen LogP contribution in [0.15, 0.2) is 0 Å². The van der Waals surface area contributed by atoms with Crippen LogP contribution in [-0.2, 0) is 0 Å². The quantitative estimate of drug-likeness (QED) is 0.714. The first kappa shape index (κ1) is 13.9. The molecule has 1 unspecified atom stereocenters. The van der Waals surface area contributed by atoms with E-state index in [4.69, 9.17) is 0 Å². The molecule has 2 heteroatoms. The Kier molecular flexibility index (Phi) is 5.68. The molecule has 0 rings (SSSR count). The number of rotatable bonds is 6. The van der Waals surface area contributed by atoms with Gasteiger partial charge in [-0.3, -0.25) is 0 Å². The molecule has 14 heavy (non-hydrogen) atoms. The first-order valence-corrected chi connectivity index (χ1v) is 5.77. The van der Waals surface area contributed by atoms with Crippen LogP contribution in [-0.4, -0.2) is 35.2 Å². The fourth-order valence-corrected chi connectivity index (χ4v) is 1.73. The normalized spacial score (nSPS) is 16.7. The average molecular weight is 201 g/mol. The van der Waals surface area contributed by atoms with Crippen LogP contribution in [0.1, 0.15) is 47.5 Å². The van der Waals surface area contributed by atoms with Crippen molar-refractivity contribution in [2.75, 3.05) is 13.6 Å². The summed E-state index contributed by atoms with van der Waals surface area (Å²) < 4.78 is 0. The summed E-state index contributed by atoms with van der Waals surface area (Å²) in [5, 5.41) is 10.2. The van der Waals surface area contributed by atoms with E-state index in [1.807, 2.05) is 6.92 Å². The van der Waals surface area contributed by atoms with Crippen molar-refractivity contribution in [3.05, 3.63) is 0 Å². The second-order valence-corrected chi connectivity index (χ2v) is 4.90. The summed E-state index contributed by atoms with van der Waals surface area (Å²) in [5.74, 6) is 0.305. The monoisotopic (exact) mass is 201 g/mol. The Bertz CT molecular complexity index is 150. The lowest BCUT2D eigenvalue weighted by atomic mass is 9.91. The number of hydrogen-bond acceptors (Lipinski definition) is 2. The minimum Gasteiger partial charge on any atom is -0.389 e. The largest absolute Gasteiger partial charge is 0.389 e. The van der Waals surface area contributed by atoms with Crippen molar-refractivity contribution in [3.63, 3.8) is 0 Å². The highest BCUT2D eigenvalue weighted by molar-refractivity contribution is 4.81. The smallest absolute Gasteiger partial charge is 0.0768 e. The predicted octanol–water partition coefficient (Wildman–Crippen LogP) is 2.51. The minimum atomic E-state index is -0.572. The van der Waals surface area contributed by atoms with Crippen molar-refractivity contribution in [1.82, 2.24) is 4.90 Å². The van der Waals surface area contributed by atoms with Crippen molar-refractivity contribution in [2.45, 2.75) is 59.1 Å². The number of nitrogens with zero attached hydrogens (tertiary/aromatic N) is 1. The number of aliphatic hydroxyl groups is 1. The Labute approximate surface area is 89.3 Å². The molecule has 0 aliphatic heterocycles. The first-order chi connectivity index (χ1) is 6.35. The second kappa shape index (κ2) is 5.72. The van der Waals surface area contributed by atoms with E-state index in [2.05, 4.69) is 39.6 Å². The minimum absolute atomic E-state index is 0.305. The van der Waals surface area contributed by atoms with E-state index < -0.39 is 5.60 Å². The van der Waals surface area contributed by atoms with E-state index in [0.717, 1.165) is 19.4 Å². The van der Waals surface area contributed by atoms with Gasteiger partial charge in [-0.15, -0.1) is 0 Å². The fourth-order valence-electron chi connectivity index (χ4n) is 1.73. The van der Waals surface area contributed by atoms with Crippen LogP contribution < -0.4 is 0 Å². The number of likely N-dealkylation sites (N-methyl/N-ethyl adjacent to an activating group) is 1. The molecule has 0 saturated carbocycles. The van der Waals surface area contributed by atoms with Gasteiger partial charge in [-0.25, -0.2) is 0 Å². The molecule has 0 fully saturated rings. The van der Waals surface area contributed by atoms with Crippen LogP contribution in [0.5, 0.6) is 0 Å². The second-order valence-electron chi connectivity index (χ2n) is 4.90. The third-order valence-electron chi connectivity index (χ3n) is 3.38. The van der Waals surface area contributed by atoms with Crippen molar-refractivity contribution in [3.8, 4) is 0 Å². The molecule has 0 aliphatic rings.